The second-order valence-electron chi connectivity index (χ2n) is 3.20. The zero-order valence-corrected chi connectivity index (χ0v) is 8.84. The molecular formula is C9H7ClFN3O. The fraction of sp³-hybridized carbons (Fsp3) is 0.222. The predicted molar refractivity (Wildman–Crippen MR) is 53.7 cm³/mol. The molecule has 0 radical (unpaired) electrons. The topological polar surface area (TPSA) is 47.3 Å². The van der Waals surface area contributed by atoms with Gasteiger partial charge in [0.15, 0.2) is 10.8 Å². The van der Waals surface area contributed by atoms with Gasteiger partial charge in [0.05, 0.1) is 5.69 Å². The lowest BCUT2D eigenvalue weighted by atomic mass is 10.3. The number of fused-ring (bicyclic) bond motifs is 1. The van der Waals surface area contributed by atoms with E-state index in [1.165, 1.54) is 6.92 Å². The molecule has 0 saturated heterocycles. The van der Waals surface area contributed by atoms with Crippen molar-refractivity contribution < 1.29 is 4.39 Å². The second-order valence-corrected chi connectivity index (χ2v) is 3.56. The van der Waals surface area contributed by atoms with Gasteiger partial charge in [-0.05, 0) is 25.5 Å². The van der Waals surface area contributed by atoms with Crippen LogP contribution in [0, 0.1) is 19.7 Å². The molecule has 0 aliphatic rings. The zero-order valence-electron chi connectivity index (χ0n) is 8.08. The molecular weight excluding hydrogens is 221 g/mol. The lowest BCUT2D eigenvalue weighted by molar-refractivity contribution is 0.577. The van der Waals surface area contributed by atoms with Gasteiger partial charge in [-0.25, -0.2) is 4.98 Å². The summed E-state index contributed by atoms with van der Waals surface area (Å²) in [5.74, 6) is -0.903. The molecule has 0 aliphatic heterocycles. The standard InChI is InChI=1S/C9H7ClFN3O/c1-4-3-6-12-5(2)7(11)9(15)14(6)13-8(4)10/h3H,1-2H3. The monoisotopic (exact) mass is 227 g/mol. The molecule has 0 unspecified atom stereocenters. The van der Waals surface area contributed by atoms with E-state index in [2.05, 4.69) is 10.1 Å². The number of rotatable bonds is 0. The first kappa shape index (κ1) is 10.0. The normalized spacial score (nSPS) is 10.9. The molecule has 0 spiro atoms. The predicted octanol–water partition coefficient (Wildman–Crippen LogP) is 1.50. The van der Waals surface area contributed by atoms with Gasteiger partial charge in [0.1, 0.15) is 0 Å². The third kappa shape index (κ3) is 1.48. The summed E-state index contributed by atoms with van der Waals surface area (Å²) < 4.78 is 14.1. The first-order valence-electron chi connectivity index (χ1n) is 4.23. The van der Waals surface area contributed by atoms with Gasteiger partial charge in [0.2, 0.25) is 5.82 Å². The van der Waals surface area contributed by atoms with Crippen molar-refractivity contribution in [1.29, 1.82) is 0 Å². The van der Waals surface area contributed by atoms with Crippen LogP contribution in [0.5, 0.6) is 0 Å². The van der Waals surface area contributed by atoms with E-state index in [9.17, 15) is 9.18 Å². The molecule has 0 aromatic carbocycles. The molecule has 2 heterocycles. The summed E-state index contributed by atoms with van der Waals surface area (Å²) in [6, 6.07) is 1.59. The molecule has 0 atom stereocenters. The molecule has 0 bridgehead atoms. The Balaban J connectivity index is 3.00. The molecule has 78 valence electrons. The molecule has 15 heavy (non-hydrogen) atoms. The molecule has 0 amide bonds. The van der Waals surface area contributed by atoms with Crippen molar-refractivity contribution in [2.45, 2.75) is 13.8 Å². The Labute approximate surface area is 89.3 Å². The molecule has 0 fully saturated rings. The third-order valence-electron chi connectivity index (χ3n) is 2.06. The van der Waals surface area contributed by atoms with E-state index in [1.54, 1.807) is 13.0 Å². The average Bonchev–Trinajstić information content (AvgIpc) is 2.19. The van der Waals surface area contributed by atoms with Gasteiger partial charge in [-0.15, -0.1) is 0 Å². The van der Waals surface area contributed by atoms with E-state index < -0.39 is 11.4 Å². The Bertz CT molecular complexity index is 603. The van der Waals surface area contributed by atoms with Crippen LogP contribution in [0.1, 0.15) is 11.3 Å². The lowest BCUT2D eigenvalue weighted by Gasteiger charge is -2.03. The maximum absolute atomic E-state index is 13.2. The smallest absolute Gasteiger partial charge is 0.264 e. The van der Waals surface area contributed by atoms with Gasteiger partial charge in [-0.2, -0.15) is 14.0 Å². The first-order chi connectivity index (χ1) is 7.00. The van der Waals surface area contributed by atoms with Gasteiger partial charge < -0.3 is 0 Å². The minimum absolute atomic E-state index is 0.0588. The number of hydrogen-bond acceptors (Lipinski definition) is 3. The Morgan fingerprint density at radius 3 is 2.80 bits per heavy atom. The van der Waals surface area contributed by atoms with Crippen LogP contribution in [-0.4, -0.2) is 14.6 Å². The molecule has 0 N–H and O–H groups in total. The van der Waals surface area contributed by atoms with Crippen molar-refractivity contribution in [2.24, 2.45) is 0 Å². The van der Waals surface area contributed by atoms with Crippen LogP contribution in [0.15, 0.2) is 10.9 Å². The number of aryl methyl sites for hydroxylation is 2. The van der Waals surface area contributed by atoms with E-state index in [0.29, 0.717) is 11.2 Å². The van der Waals surface area contributed by atoms with Crippen molar-refractivity contribution in [2.75, 3.05) is 0 Å². The number of nitrogens with zero attached hydrogens (tertiary/aromatic N) is 3. The maximum Gasteiger partial charge on any atom is 0.310 e. The van der Waals surface area contributed by atoms with Crippen molar-refractivity contribution in [3.8, 4) is 0 Å². The van der Waals surface area contributed by atoms with E-state index in [4.69, 9.17) is 11.6 Å². The second kappa shape index (κ2) is 3.27. The van der Waals surface area contributed by atoms with E-state index >= 15 is 0 Å². The SMILES string of the molecule is Cc1cc2nc(C)c(F)c(=O)n2nc1Cl. The van der Waals surface area contributed by atoms with Crippen LogP contribution in [-0.2, 0) is 0 Å². The molecule has 4 nitrogen and oxygen atoms in total. The van der Waals surface area contributed by atoms with Crippen LogP contribution in [0.2, 0.25) is 5.15 Å². The van der Waals surface area contributed by atoms with Gasteiger partial charge >= 0.3 is 5.56 Å². The van der Waals surface area contributed by atoms with Crippen LogP contribution in [0.3, 0.4) is 0 Å². The Hall–Kier alpha value is -1.49. The fourth-order valence-electron chi connectivity index (χ4n) is 1.23. The molecule has 6 heteroatoms. The molecule has 2 aromatic rings. The fourth-order valence-corrected chi connectivity index (χ4v) is 1.36. The summed E-state index contributed by atoms with van der Waals surface area (Å²) in [7, 11) is 0. The largest absolute Gasteiger partial charge is 0.310 e. The van der Waals surface area contributed by atoms with Crippen molar-refractivity contribution >= 4 is 17.2 Å². The van der Waals surface area contributed by atoms with Crippen LogP contribution < -0.4 is 5.56 Å². The molecule has 0 aliphatic carbocycles. The highest BCUT2D eigenvalue weighted by Crippen LogP contribution is 2.12. The zero-order chi connectivity index (χ0) is 11.2. The molecule has 0 saturated carbocycles. The minimum Gasteiger partial charge on any atom is -0.264 e. The average molecular weight is 228 g/mol. The van der Waals surface area contributed by atoms with Gasteiger partial charge in [-0.1, -0.05) is 11.6 Å². The van der Waals surface area contributed by atoms with Gasteiger partial charge in [0.25, 0.3) is 0 Å². The number of halogens is 2. The van der Waals surface area contributed by atoms with Crippen LogP contribution in [0.4, 0.5) is 4.39 Å². The van der Waals surface area contributed by atoms with Crippen molar-refractivity contribution in [3.05, 3.63) is 38.6 Å². The molecule has 2 rings (SSSR count). The minimum atomic E-state index is -0.903. The highest BCUT2D eigenvalue weighted by molar-refractivity contribution is 6.30. The maximum atomic E-state index is 13.2. The van der Waals surface area contributed by atoms with Crippen LogP contribution >= 0.6 is 11.6 Å². The Morgan fingerprint density at radius 1 is 1.47 bits per heavy atom. The first-order valence-corrected chi connectivity index (χ1v) is 4.61. The lowest BCUT2D eigenvalue weighted by Crippen LogP contribution is -2.22. The van der Waals surface area contributed by atoms with Gasteiger partial charge in [0, 0.05) is 0 Å². The number of hydrogen-bond donors (Lipinski definition) is 0. The van der Waals surface area contributed by atoms with E-state index in [1.807, 2.05) is 0 Å². The van der Waals surface area contributed by atoms with Crippen molar-refractivity contribution in [3.63, 3.8) is 0 Å². The van der Waals surface area contributed by atoms with Gasteiger partial charge in [-0.3, -0.25) is 4.79 Å². The van der Waals surface area contributed by atoms with Crippen LogP contribution in [0.25, 0.3) is 5.65 Å². The highest BCUT2D eigenvalue weighted by Gasteiger charge is 2.11. The van der Waals surface area contributed by atoms with E-state index in [-0.39, 0.29) is 10.8 Å². The summed E-state index contributed by atoms with van der Waals surface area (Å²) in [5, 5.41) is 3.91. The number of aromatic nitrogens is 3. The van der Waals surface area contributed by atoms with E-state index in [0.717, 1.165) is 4.52 Å². The Morgan fingerprint density at radius 2 is 2.13 bits per heavy atom. The summed E-state index contributed by atoms with van der Waals surface area (Å²) in [4.78, 5) is 15.3. The third-order valence-corrected chi connectivity index (χ3v) is 2.43. The van der Waals surface area contributed by atoms with Crippen molar-refractivity contribution in [1.82, 2.24) is 14.6 Å². The summed E-state index contributed by atoms with van der Waals surface area (Å²) >= 11 is 5.73. The Kier molecular flexibility index (Phi) is 2.19. The highest BCUT2D eigenvalue weighted by atomic mass is 35.5. The molecule has 2 aromatic heterocycles. The quantitative estimate of drug-likeness (QED) is 0.685. The summed E-state index contributed by atoms with van der Waals surface area (Å²) in [5.41, 5.74) is 0.207. The summed E-state index contributed by atoms with van der Waals surface area (Å²) in [6.07, 6.45) is 0. The summed E-state index contributed by atoms with van der Waals surface area (Å²) in [6.45, 7) is 3.17.